The summed E-state index contributed by atoms with van der Waals surface area (Å²) in [5.74, 6) is 1.63. The molecule has 31 heavy (non-hydrogen) atoms. The molecule has 0 saturated carbocycles. The van der Waals surface area contributed by atoms with Crippen LogP contribution in [0.2, 0.25) is 5.28 Å². The number of benzene rings is 1. The number of likely N-dealkylation sites (tertiary alicyclic amines) is 2. The van der Waals surface area contributed by atoms with Crippen molar-refractivity contribution in [1.82, 2.24) is 19.8 Å². The minimum atomic E-state index is 0.0633. The second-order valence-corrected chi connectivity index (χ2v) is 8.64. The Bertz CT molecular complexity index is 980. The summed E-state index contributed by atoms with van der Waals surface area (Å²) < 4.78 is 11.3. The first-order valence-corrected chi connectivity index (χ1v) is 10.9. The summed E-state index contributed by atoms with van der Waals surface area (Å²) >= 11 is 5.78. The lowest BCUT2D eigenvalue weighted by atomic mass is 9.87. The standard InChI is InChI=1S/C22H23ClN4O4/c23-21-24-7-5-20(25-21)31-18-3-1-14(2-4-18)16-11-27(12-16)22(29)26-8-6-19-15(10-26)9-17(28)13-30-19/h1-5,7,15-16,19H,6,8-13H2/t15-,19+/m1/s1. The Balaban J connectivity index is 1.13. The summed E-state index contributed by atoms with van der Waals surface area (Å²) in [6, 6.07) is 9.52. The third kappa shape index (κ3) is 4.36. The molecule has 0 unspecified atom stereocenters. The van der Waals surface area contributed by atoms with Gasteiger partial charge in [-0.1, -0.05) is 12.1 Å². The van der Waals surface area contributed by atoms with Gasteiger partial charge in [0.1, 0.15) is 12.4 Å². The lowest BCUT2D eigenvalue weighted by Gasteiger charge is -2.46. The van der Waals surface area contributed by atoms with Crippen LogP contribution >= 0.6 is 11.6 Å². The Morgan fingerprint density at radius 1 is 1.13 bits per heavy atom. The van der Waals surface area contributed by atoms with Crippen molar-refractivity contribution in [3.8, 4) is 11.6 Å². The van der Waals surface area contributed by atoms with Crippen LogP contribution in [0.1, 0.15) is 24.3 Å². The third-order valence-electron chi connectivity index (χ3n) is 6.21. The molecular weight excluding hydrogens is 420 g/mol. The first-order valence-electron chi connectivity index (χ1n) is 10.5. The number of Topliss-reactive ketones (excluding diaryl/α,β-unsaturated/α-hetero) is 1. The molecule has 2 aromatic rings. The quantitative estimate of drug-likeness (QED) is 0.679. The number of hydrogen-bond donors (Lipinski definition) is 0. The minimum absolute atomic E-state index is 0.0633. The van der Waals surface area contributed by atoms with Gasteiger partial charge in [0.05, 0.1) is 6.10 Å². The Hall–Kier alpha value is -2.71. The lowest BCUT2D eigenvalue weighted by molar-refractivity contribution is -0.140. The number of urea groups is 1. The minimum Gasteiger partial charge on any atom is -0.439 e. The maximum absolute atomic E-state index is 12.9. The fraction of sp³-hybridized carbons (Fsp3) is 0.455. The fourth-order valence-electron chi connectivity index (χ4n) is 4.50. The number of hydrogen-bond acceptors (Lipinski definition) is 6. The number of carbonyl (C=O) groups excluding carboxylic acids is 2. The monoisotopic (exact) mass is 442 g/mol. The molecule has 0 spiro atoms. The molecule has 3 aliphatic heterocycles. The molecule has 0 aliphatic carbocycles. The van der Waals surface area contributed by atoms with Crippen LogP contribution < -0.4 is 4.74 Å². The van der Waals surface area contributed by atoms with Crippen molar-refractivity contribution in [1.29, 1.82) is 0 Å². The van der Waals surface area contributed by atoms with Crippen LogP contribution in [-0.2, 0) is 9.53 Å². The number of aromatic nitrogens is 2. The molecular formula is C22H23ClN4O4. The topological polar surface area (TPSA) is 84.9 Å². The summed E-state index contributed by atoms with van der Waals surface area (Å²) in [5, 5.41) is 0.139. The van der Waals surface area contributed by atoms with Gasteiger partial charge in [-0.2, -0.15) is 4.98 Å². The van der Waals surface area contributed by atoms with Gasteiger partial charge in [-0.25, -0.2) is 9.78 Å². The third-order valence-corrected chi connectivity index (χ3v) is 6.39. The molecule has 0 N–H and O–H groups in total. The molecule has 1 aromatic carbocycles. The molecule has 8 nitrogen and oxygen atoms in total. The summed E-state index contributed by atoms with van der Waals surface area (Å²) in [6.07, 6.45) is 2.98. The molecule has 2 amide bonds. The van der Waals surface area contributed by atoms with E-state index >= 15 is 0 Å². The SMILES string of the molecule is O=C1CO[C@H]2CCN(C(=O)N3CC(c4ccc(Oc5ccnc(Cl)n5)cc4)C3)C[C@H]2C1. The number of ether oxygens (including phenoxy) is 2. The van der Waals surface area contributed by atoms with Gasteiger partial charge in [0.15, 0.2) is 5.78 Å². The van der Waals surface area contributed by atoms with E-state index in [2.05, 4.69) is 9.97 Å². The molecule has 5 rings (SSSR count). The van der Waals surface area contributed by atoms with E-state index in [0.717, 1.165) is 6.42 Å². The molecule has 162 valence electrons. The Morgan fingerprint density at radius 3 is 2.71 bits per heavy atom. The first kappa shape index (κ1) is 20.2. The molecule has 3 saturated heterocycles. The van der Waals surface area contributed by atoms with E-state index in [9.17, 15) is 9.59 Å². The van der Waals surface area contributed by atoms with E-state index in [1.165, 1.54) is 5.56 Å². The highest BCUT2D eigenvalue weighted by Crippen LogP contribution is 2.32. The van der Waals surface area contributed by atoms with E-state index in [1.54, 1.807) is 12.3 Å². The van der Waals surface area contributed by atoms with Crippen molar-refractivity contribution in [2.24, 2.45) is 5.92 Å². The van der Waals surface area contributed by atoms with E-state index in [1.807, 2.05) is 34.1 Å². The predicted molar refractivity (Wildman–Crippen MR) is 112 cm³/mol. The second kappa shape index (κ2) is 8.43. The van der Waals surface area contributed by atoms with Crippen LogP contribution in [0.25, 0.3) is 0 Å². The zero-order chi connectivity index (χ0) is 21.4. The van der Waals surface area contributed by atoms with Gasteiger partial charge in [0.2, 0.25) is 11.2 Å². The molecule has 3 aliphatic rings. The summed E-state index contributed by atoms with van der Waals surface area (Å²) in [5.41, 5.74) is 1.17. The van der Waals surface area contributed by atoms with Gasteiger partial charge in [0.25, 0.3) is 0 Å². The highest BCUT2D eigenvalue weighted by Gasteiger charge is 2.40. The van der Waals surface area contributed by atoms with Crippen molar-refractivity contribution in [3.63, 3.8) is 0 Å². The van der Waals surface area contributed by atoms with E-state index in [0.29, 0.717) is 50.1 Å². The molecule has 9 heteroatoms. The number of nitrogens with zero attached hydrogens (tertiary/aromatic N) is 4. The molecule has 0 bridgehead atoms. The zero-order valence-electron chi connectivity index (χ0n) is 16.9. The normalized spacial score (nSPS) is 23.8. The van der Waals surface area contributed by atoms with Gasteiger partial charge in [-0.15, -0.1) is 0 Å². The highest BCUT2D eigenvalue weighted by atomic mass is 35.5. The van der Waals surface area contributed by atoms with Gasteiger partial charge >= 0.3 is 6.03 Å². The average molecular weight is 443 g/mol. The maximum atomic E-state index is 12.9. The van der Waals surface area contributed by atoms with E-state index in [-0.39, 0.29) is 35.7 Å². The van der Waals surface area contributed by atoms with Crippen LogP contribution in [0.4, 0.5) is 4.79 Å². The number of piperidine rings is 1. The molecule has 2 atom stereocenters. The number of rotatable bonds is 3. The van der Waals surface area contributed by atoms with E-state index < -0.39 is 0 Å². The number of amides is 2. The van der Waals surface area contributed by atoms with Crippen LogP contribution in [0.15, 0.2) is 36.5 Å². The van der Waals surface area contributed by atoms with Crippen molar-refractivity contribution in [2.75, 3.05) is 32.8 Å². The number of carbonyl (C=O) groups is 2. The molecule has 1 aromatic heterocycles. The fourth-order valence-corrected chi connectivity index (χ4v) is 4.64. The van der Waals surface area contributed by atoms with Crippen molar-refractivity contribution in [3.05, 3.63) is 47.4 Å². The van der Waals surface area contributed by atoms with Crippen LogP contribution in [0.5, 0.6) is 11.6 Å². The van der Waals surface area contributed by atoms with Gasteiger partial charge in [0, 0.05) is 56.7 Å². The Kier molecular flexibility index (Phi) is 5.50. The van der Waals surface area contributed by atoms with Crippen molar-refractivity contribution in [2.45, 2.75) is 24.9 Å². The van der Waals surface area contributed by atoms with Crippen LogP contribution in [0, 0.1) is 5.92 Å². The lowest BCUT2D eigenvalue weighted by Crippen LogP contribution is -2.58. The highest BCUT2D eigenvalue weighted by molar-refractivity contribution is 6.28. The Labute approximate surface area is 185 Å². The zero-order valence-corrected chi connectivity index (χ0v) is 17.7. The maximum Gasteiger partial charge on any atom is 0.320 e. The Morgan fingerprint density at radius 2 is 1.94 bits per heavy atom. The van der Waals surface area contributed by atoms with Crippen LogP contribution in [0.3, 0.4) is 0 Å². The average Bonchev–Trinajstić information content (AvgIpc) is 2.73. The van der Waals surface area contributed by atoms with Gasteiger partial charge in [-0.05, 0) is 35.7 Å². The molecule has 4 heterocycles. The number of halogens is 1. The number of fused-ring (bicyclic) bond motifs is 1. The van der Waals surface area contributed by atoms with Crippen molar-refractivity contribution < 1.29 is 19.1 Å². The molecule has 3 fully saturated rings. The summed E-state index contributed by atoms with van der Waals surface area (Å²) in [7, 11) is 0. The van der Waals surface area contributed by atoms with E-state index in [4.69, 9.17) is 21.1 Å². The van der Waals surface area contributed by atoms with Gasteiger partial charge in [-0.3, -0.25) is 4.79 Å². The van der Waals surface area contributed by atoms with Crippen LogP contribution in [-0.4, -0.2) is 70.5 Å². The first-order chi connectivity index (χ1) is 15.0. The smallest absolute Gasteiger partial charge is 0.320 e. The summed E-state index contributed by atoms with van der Waals surface area (Å²) in [4.78, 5) is 36.2. The number of ketones is 1. The van der Waals surface area contributed by atoms with Gasteiger partial charge < -0.3 is 19.3 Å². The summed E-state index contributed by atoms with van der Waals surface area (Å²) in [6.45, 7) is 2.91. The van der Waals surface area contributed by atoms with Crippen molar-refractivity contribution >= 4 is 23.4 Å². The predicted octanol–water partition coefficient (Wildman–Crippen LogP) is 3.12. The largest absolute Gasteiger partial charge is 0.439 e. The second-order valence-electron chi connectivity index (χ2n) is 8.31. The molecule has 0 radical (unpaired) electrons.